The van der Waals surface area contributed by atoms with E-state index in [-0.39, 0.29) is 0 Å². The molecule has 1 fully saturated rings. The minimum absolute atomic E-state index is 0.473. The molecule has 2 unspecified atom stereocenters. The maximum absolute atomic E-state index is 5.93. The third-order valence-electron chi connectivity index (χ3n) is 5.68. The molecule has 24 heavy (non-hydrogen) atoms. The summed E-state index contributed by atoms with van der Waals surface area (Å²) in [4.78, 5) is 0. The van der Waals surface area contributed by atoms with Crippen LogP contribution in [0.5, 0.6) is 0 Å². The molecule has 1 heterocycles. The zero-order valence-electron chi connectivity index (χ0n) is 16.8. The lowest BCUT2D eigenvalue weighted by molar-refractivity contribution is -0.0131. The molecule has 2 atom stereocenters. The molecule has 1 N–H and O–H groups in total. The van der Waals surface area contributed by atoms with Crippen molar-refractivity contribution >= 4 is 0 Å². The molecule has 0 aliphatic carbocycles. The van der Waals surface area contributed by atoms with Crippen molar-refractivity contribution in [3.63, 3.8) is 0 Å². The molecule has 0 saturated carbocycles. The Bertz CT molecular complexity index is 250. The summed E-state index contributed by atoms with van der Waals surface area (Å²) >= 11 is 0. The monoisotopic (exact) mass is 339 g/mol. The molecule has 0 aromatic carbocycles. The molecule has 0 radical (unpaired) electrons. The second-order valence-electron chi connectivity index (χ2n) is 7.81. The predicted octanol–water partition coefficient (Wildman–Crippen LogP) is 6.48. The molecule has 0 bridgehead atoms. The van der Waals surface area contributed by atoms with Crippen LogP contribution in [-0.2, 0) is 4.74 Å². The molecular weight excluding hydrogens is 294 g/mol. The number of morpholine rings is 1. The summed E-state index contributed by atoms with van der Waals surface area (Å²) in [5, 5.41) is 3.47. The van der Waals surface area contributed by atoms with Gasteiger partial charge in [-0.1, -0.05) is 104 Å². The van der Waals surface area contributed by atoms with Gasteiger partial charge in [-0.05, 0) is 12.3 Å². The van der Waals surface area contributed by atoms with Gasteiger partial charge in [0.05, 0.1) is 12.7 Å². The first-order chi connectivity index (χ1) is 11.9. The molecule has 0 aromatic rings. The first kappa shape index (κ1) is 22.0. The quantitative estimate of drug-likeness (QED) is 0.325. The van der Waals surface area contributed by atoms with Gasteiger partial charge in [-0.25, -0.2) is 0 Å². The Kier molecular flexibility index (Phi) is 15.0. The van der Waals surface area contributed by atoms with Crippen molar-refractivity contribution < 1.29 is 4.74 Å². The summed E-state index contributed by atoms with van der Waals surface area (Å²) in [5.41, 5.74) is 0. The van der Waals surface area contributed by atoms with Crippen LogP contribution in [0.1, 0.15) is 110 Å². The molecule has 1 saturated heterocycles. The lowest BCUT2D eigenvalue weighted by Gasteiger charge is -2.30. The number of rotatable bonds is 16. The highest BCUT2D eigenvalue weighted by atomic mass is 16.5. The van der Waals surface area contributed by atoms with Crippen LogP contribution >= 0.6 is 0 Å². The van der Waals surface area contributed by atoms with Crippen LogP contribution < -0.4 is 5.32 Å². The minimum Gasteiger partial charge on any atom is -0.375 e. The van der Waals surface area contributed by atoms with Gasteiger partial charge in [0, 0.05) is 13.1 Å². The maximum Gasteiger partial charge on any atom is 0.0728 e. The van der Waals surface area contributed by atoms with E-state index in [9.17, 15) is 0 Å². The molecule has 1 aliphatic heterocycles. The minimum atomic E-state index is 0.473. The van der Waals surface area contributed by atoms with E-state index in [2.05, 4.69) is 19.2 Å². The van der Waals surface area contributed by atoms with Gasteiger partial charge in [-0.15, -0.1) is 0 Å². The van der Waals surface area contributed by atoms with E-state index < -0.39 is 0 Å². The van der Waals surface area contributed by atoms with E-state index in [0.717, 1.165) is 25.6 Å². The summed E-state index contributed by atoms with van der Waals surface area (Å²) in [6.45, 7) is 7.62. The van der Waals surface area contributed by atoms with Crippen molar-refractivity contribution in [2.24, 2.45) is 5.92 Å². The Morgan fingerprint density at radius 2 is 1.33 bits per heavy atom. The Balaban J connectivity index is 1.82. The van der Waals surface area contributed by atoms with Crippen molar-refractivity contribution in [3.05, 3.63) is 0 Å². The Labute approximate surface area is 152 Å². The molecule has 1 aliphatic rings. The van der Waals surface area contributed by atoms with Crippen LogP contribution in [-0.4, -0.2) is 25.8 Å². The molecule has 0 aromatic heterocycles. The van der Waals surface area contributed by atoms with Crippen LogP contribution in [0.3, 0.4) is 0 Å². The highest BCUT2D eigenvalue weighted by Crippen LogP contribution is 2.21. The number of nitrogens with one attached hydrogen (secondary N) is 1. The van der Waals surface area contributed by atoms with Gasteiger partial charge in [0.2, 0.25) is 0 Å². The first-order valence-electron chi connectivity index (χ1n) is 11.2. The second-order valence-corrected chi connectivity index (χ2v) is 7.81. The summed E-state index contributed by atoms with van der Waals surface area (Å²) in [7, 11) is 0. The fraction of sp³-hybridized carbons (Fsp3) is 1.00. The molecule has 144 valence electrons. The smallest absolute Gasteiger partial charge is 0.0728 e. The van der Waals surface area contributed by atoms with E-state index in [4.69, 9.17) is 4.74 Å². The summed E-state index contributed by atoms with van der Waals surface area (Å²) < 4.78 is 5.93. The fourth-order valence-corrected chi connectivity index (χ4v) is 3.97. The number of hydrogen-bond donors (Lipinski definition) is 1. The third kappa shape index (κ3) is 11.5. The van der Waals surface area contributed by atoms with Crippen LogP contribution in [0.2, 0.25) is 0 Å². The van der Waals surface area contributed by atoms with E-state index in [1.807, 2.05) is 0 Å². The molecule has 0 amide bonds. The molecule has 1 rings (SSSR count). The van der Waals surface area contributed by atoms with Gasteiger partial charge < -0.3 is 10.1 Å². The molecule has 2 heteroatoms. The van der Waals surface area contributed by atoms with Crippen molar-refractivity contribution in [3.8, 4) is 0 Å². The van der Waals surface area contributed by atoms with E-state index >= 15 is 0 Å². The van der Waals surface area contributed by atoms with Crippen LogP contribution in [0.15, 0.2) is 0 Å². The number of unbranched alkanes of at least 4 members (excludes halogenated alkanes) is 12. The summed E-state index contributed by atoms with van der Waals surface area (Å²) in [5.74, 6) is 0.769. The van der Waals surface area contributed by atoms with Gasteiger partial charge in [0.15, 0.2) is 0 Å². The third-order valence-corrected chi connectivity index (χ3v) is 5.68. The SMILES string of the molecule is CCCCCCCCCCCCCCCC(CC)C1CNCCO1. The van der Waals surface area contributed by atoms with Crippen LogP contribution in [0.25, 0.3) is 0 Å². The van der Waals surface area contributed by atoms with Crippen molar-refractivity contribution in [2.75, 3.05) is 19.7 Å². The topological polar surface area (TPSA) is 21.3 Å². The highest BCUT2D eigenvalue weighted by molar-refractivity contribution is 4.75. The lowest BCUT2D eigenvalue weighted by Crippen LogP contribution is -2.42. The largest absolute Gasteiger partial charge is 0.375 e. The average Bonchev–Trinajstić information content (AvgIpc) is 2.63. The molecular formula is C22H45NO. The lowest BCUT2D eigenvalue weighted by atomic mass is 9.92. The van der Waals surface area contributed by atoms with Gasteiger partial charge in [0.1, 0.15) is 0 Å². The Morgan fingerprint density at radius 3 is 1.79 bits per heavy atom. The van der Waals surface area contributed by atoms with Crippen LogP contribution in [0.4, 0.5) is 0 Å². The van der Waals surface area contributed by atoms with Gasteiger partial charge in [0.25, 0.3) is 0 Å². The van der Waals surface area contributed by atoms with Crippen molar-refractivity contribution in [1.29, 1.82) is 0 Å². The fourth-order valence-electron chi connectivity index (χ4n) is 3.97. The summed E-state index contributed by atoms with van der Waals surface area (Å²) in [6, 6.07) is 0. The molecule has 0 spiro atoms. The van der Waals surface area contributed by atoms with Gasteiger partial charge in [-0.3, -0.25) is 0 Å². The normalized spacial score (nSPS) is 19.5. The average molecular weight is 340 g/mol. The zero-order valence-corrected chi connectivity index (χ0v) is 16.8. The Hall–Kier alpha value is -0.0800. The zero-order chi connectivity index (χ0) is 17.3. The van der Waals surface area contributed by atoms with Gasteiger partial charge in [-0.2, -0.15) is 0 Å². The predicted molar refractivity (Wildman–Crippen MR) is 107 cm³/mol. The van der Waals surface area contributed by atoms with Crippen LogP contribution in [0, 0.1) is 5.92 Å². The maximum atomic E-state index is 5.93. The van der Waals surface area contributed by atoms with E-state index in [0.29, 0.717) is 6.10 Å². The number of hydrogen-bond acceptors (Lipinski definition) is 2. The standard InChI is InChI=1S/C22H45NO/c1-3-5-6-7-8-9-10-11-12-13-14-15-16-17-21(4-2)22-20-23-18-19-24-22/h21-23H,3-20H2,1-2H3. The van der Waals surface area contributed by atoms with E-state index in [1.165, 1.54) is 96.3 Å². The summed E-state index contributed by atoms with van der Waals surface area (Å²) in [6.07, 6.45) is 21.9. The number of ether oxygens (including phenoxy) is 1. The second kappa shape index (κ2) is 16.4. The highest BCUT2D eigenvalue weighted by Gasteiger charge is 2.22. The van der Waals surface area contributed by atoms with E-state index in [1.54, 1.807) is 0 Å². The Morgan fingerprint density at radius 1 is 0.792 bits per heavy atom. The molecule has 2 nitrogen and oxygen atoms in total. The van der Waals surface area contributed by atoms with Gasteiger partial charge >= 0.3 is 0 Å². The van der Waals surface area contributed by atoms with Crippen molar-refractivity contribution in [2.45, 2.75) is 116 Å². The first-order valence-corrected chi connectivity index (χ1v) is 11.2. The van der Waals surface area contributed by atoms with Crippen molar-refractivity contribution in [1.82, 2.24) is 5.32 Å².